The number of benzene rings is 1. The van der Waals surface area contributed by atoms with E-state index in [0.29, 0.717) is 12.1 Å². The van der Waals surface area contributed by atoms with Crippen LogP contribution < -0.4 is 11.1 Å². The van der Waals surface area contributed by atoms with Gasteiger partial charge in [0.15, 0.2) is 0 Å². The largest absolute Gasteiger partial charge is 0.358 e. The Morgan fingerprint density at radius 1 is 1.38 bits per heavy atom. The van der Waals surface area contributed by atoms with Gasteiger partial charge in [0.05, 0.1) is 13.1 Å². The maximum Gasteiger partial charge on any atom is 0.254 e. The molecule has 0 fully saturated rings. The van der Waals surface area contributed by atoms with Crippen LogP contribution in [0.2, 0.25) is 0 Å². The van der Waals surface area contributed by atoms with Gasteiger partial charge in [-0.25, -0.2) is 0 Å². The average molecular weight is 287 g/mol. The van der Waals surface area contributed by atoms with E-state index in [-0.39, 0.29) is 24.9 Å². The van der Waals surface area contributed by atoms with Gasteiger partial charge in [-0.3, -0.25) is 9.59 Å². The highest BCUT2D eigenvalue weighted by molar-refractivity contribution is 5.96. The van der Waals surface area contributed by atoms with Gasteiger partial charge in [0, 0.05) is 24.7 Å². The normalized spacial score (nSPS) is 9.48. The van der Waals surface area contributed by atoms with Gasteiger partial charge >= 0.3 is 0 Å². The van der Waals surface area contributed by atoms with Gasteiger partial charge in [-0.2, -0.15) is 0 Å². The molecular weight excluding hydrogens is 266 g/mol. The van der Waals surface area contributed by atoms with Crippen LogP contribution in [0.25, 0.3) is 0 Å². The van der Waals surface area contributed by atoms with E-state index in [1.165, 1.54) is 4.90 Å². The molecule has 0 aliphatic carbocycles. The van der Waals surface area contributed by atoms with Crippen LogP contribution >= 0.6 is 0 Å². The fourth-order valence-electron chi connectivity index (χ4n) is 1.84. The molecule has 5 nitrogen and oxygen atoms in total. The van der Waals surface area contributed by atoms with Gasteiger partial charge < -0.3 is 16.0 Å². The first-order chi connectivity index (χ1) is 10.1. The molecule has 0 aliphatic heterocycles. The molecule has 0 heterocycles. The first-order valence-electron chi connectivity index (χ1n) is 6.91. The highest BCUT2D eigenvalue weighted by atomic mass is 16.2. The number of carbonyl (C=O) groups excluding carboxylic acids is 2. The minimum absolute atomic E-state index is 0.0574. The molecular formula is C16H21N3O2. The number of nitrogens with zero attached hydrogens (tertiary/aromatic N) is 1. The van der Waals surface area contributed by atoms with E-state index in [4.69, 9.17) is 5.73 Å². The lowest BCUT2D eigenvalue weighted by molar-refractivity contribution is -0.121. The summed E-state index contributed by atoms with van der Waals surface area (Å²) in [4.78, 5) is 25.5. The summed E-state index contributed by atoms with van der Waals surface area (Å²) < 4.78 is 0. The summed E-state index contributed by atoms with van der Waals surface area (Å²) in [5.41, 5.74) is 6.60. The van der Waals surface area contributed by atoms with Crippen molar-refractivity contribution in [3.05, 3.63) is 35.4 Å². The second-order valence-electron chi connectivity index (χ2n) is 4.49. The standard InChI is InChI=1S/C16H21N3O2/c1-3-10-19(12-15(20)18-2)16(21)14-8-4-6-13(11-14)7-5-9-17/h4,6,8,11H,3,9-10,12,17H2,1-2H3,(H,18,20). The van der Waals surface area contributed by atoms with Crippen LogP contribution in [0.15, 0.2) is 24.3 Å². The lowest BCUT2D eigenvalue weighted by atomic mass is 10.1. The molecule has 3 N–H and O–H groups in total. The van der Waals surface area contributed by atoms with Crippen molar-refractivity contribution in [2.24, 2.45) is 5.73 Å². The molecule has 0 radical (unpaired) electrons. The van der Waals surface area contributed by atoms with Gasteiger partial charge in [-0.05, 0) is 24.6 Å². The van der Waals surface area contributed by atoms with E-state index in [2.05, 4.69) is 17.2 Å². The molecule has 1 rings (SSSR count). The second-order valence-corrected chi connectivity index (χ2v) is 4.49. The van der Waals surface area contributed by atoms with E-state index < -0.39 is 0 Å². The van der Waals surface area contributed by atoms with Crippen molar-refractivity contribution in [2.75, 3.05) is 26.7 Å². The highest BCUT2D eigenvalue weighted by Gasteiger charge is 2.17. The summed E-state index contributed by atoms with van der Waals surface area (Å²) in [6, 6.07) is 7.04. The molecule has 0 saturated heterocycles. The number of likely N-dealkylation sites (N-methyl/N-ethyl adjacent to an activating group) is 1. The minimum atomic E-state index is -0.184. The Kier molecular flexibility index (Phi) is 6.99. The molecule has 1 aromatic carbocycles. The van der Waals surface area contributed by atoms with Crippen LogP contribution in [0.3, 0.4) is 0 Å². The van der Waals surface area contributed by atoms with Gasteiger partial charge in [0.2, 0.25) is 5.91 Å². The van der Waals surface area contributed by atoms with Crippen LogP contribution in [0.1, 0.15) is 29.3 Å². The maximum absolute atomic E-state index is 12.5. The monoisotopic (exact) mass is 287 g/mol. The molecule has 112 valence electrons. The predicted molar refractivity (Wildman–Crippen MR) is 82.6 cm³/mol. The lowest BCUT2D eigenvalue weighted by Gasteiger charge is -2.21. The smallest absolute Gasteiger partial charge is 0.254 e. The quantitative estimate of drug-likeness (QED) is 0.779. The van der Waals surface area contributed by atoms with E-state index in [9.17, 15) is 9.59 Å². The van der Waals surface area contributed by atoms with Crippen molar-refractivity contribution in [3.63, 3.8) is 0 Å². The third-order valence-electron chi connectivity index (χ3n) is 2.84. The van der Waals surface area contributed by atoms with Crippen LogP contribution in [-0.4, -0.2) is 43.4 Å². The summed E-state index contributed by atoms with van der Waals surface area (Å²) in [6.07, 6.45) is 0.787. The van der Waals surface area contributed by atoms with Gasteiger partial charge in [0.1, 0.15) is 0 Å². The fraction of sp³-hybridized carbons (Fsp3) is 0.375. The molecule has 0 saturated carbocycles. The summed E-state index contributed by atoms with van der Waals surface area (Å²) in [6.45, 7) is 2.83. The Hall–Kier alpha value is -2.32. The van der Waals surface area contributed by atoms with E-state index >= 15 is 0 Å². The number of hydrogen-bond acceptors (Lipinski definition) is 3. The van der Waals surface area contributed by atoms with Crippen molar-refractivity contribution >= 4 is 11.8 Å². The summed E-state index contributed by atoms with van der Waals surface area (Å²) in [7, 11) is 1.56. The SMILES string of the molecule is CCCN(CC(=O)NC)C(=O)c1cccc(C#CCN)c1. The number of nitrogens with one attached hydrogen (secondary N) is 1. The fourth-order valence-corrected chi connectivity index (χ4v) is 1.84. The molecule has 21 heavy (non-hydrogen) atoms. The van der Waals surface area contributed by atoms with E-state index in [1.54, 1.807) is 25.2 Å². The zero-order chi connectivity index (χ0) is 15.7. The third kappa shape index (κ3) is 5.28. The molecule has 5 heteroatoms. The number of nitrogens with two attached hydrogens (primary N) is 1. The summed E-state index contributed by atoms with van der Waals surface area (Å²) >= 11 is 0. The Morgan fingerprint density at radius 3 is 2.76 bits per heavy atom. The Labute approximate surface area is 125 Å². The van der Waals surface area contributed by atoms with Crippen LogP contribution in [0.5, 0.6) is 0 Å². The minimum Gasteiger partial charge on any atom is -0.358 e. The van der Waals surface area contributed by atoms with Crippen molar-refractivity contribution in [1.29, 1.82) is 0 Å². The van der Waals surface area contributed by atoms with Crippen LogP contribution in [0, 0.1) is 11.8 Å². The van der Waals surface area contributed by atoms with Gasteiger partial charge in [-0.1, -0.05) is 24.8 Å². The second kappa shape index (κ2) is 8.77. The Morgan fingerprint density at radius 2 is 2.14 bits per heavy atom. The molecule has 0 aromatic heterocycles. The highest BCUT2D eigenvalue weighted by Crippen LogP contribution is 2.08. The molecule has 1 aromatic rings. The summed E-state index contributed by atoms with van der Waals surface area (Å²) in [5, 5.41) is 2.53. The number of amides is 2. The molecule has 0 aliphatic rings. The number of hydrogen-bond donors (Lipinski definition) is 2. The zero-order valence-electron chi connectivity index (χ0n) is 12.5. The van der Waals surface area contributed by atoms with Crippen molar-refractivity contribution in [2.45, 2.75) is 13.3 Å². The lowest BCUT2D eigenvalue weighted by Crippen LogP contribution is -2.40. The predicted octanol–water partition coefficient (Wildman–Crippen LogP) is 0.595. The average Bonchev–Trinajstić information content (AvgIpc) is 2.51. The van der Waals surface area contributed by atoms with Gasteiger partial charge in [0.25, 0.3) is 5.91 Å². The Balaban J connectivity index is 2.94. The first-order valence-corrected chi connectivity index (χ1v) is 6.91. The van der Waals surface area contributed by atoms with E-state index in [1.807, 2.05) is 13.0 Å². The maximum atomic E-state index is 12.5. The van der Waals surface area contributed by atoms with Crippen molar-refractivity contribution in [1.82, 2.24) is 10.2 Å². The van der Waals surface area contributed by atoms with Crippen molar-refractivity contribution in [3.8, 4) is 11.8 Å². The zero-order valence-corrected chi connectivity index (χ0v) is 12.5. The molecule has 0 bridgehead atoms. The Bertz CT molecular complexity index is 558. The molecule has 0 spiro atoms. The molecule has 0 unspecified atom stereocenters. The number of rotatable bonds is 5. The topological polar surface area (TPSA) is 75.4 Å². The van der Waals surface area contributed by atoms with E-state index in [0.717, 1.165) is 12.0 Å². The van der Waals surface area contributed by atoms with Crippen molar-refractivity contribution < 1.29 is 9.59 Å². The third-order valence-corrected chi connectivity index (χ3v) is 2.84. The molecule has 0 atom stereocenters. The van der Waals surface area contributed by atoms with Crippen LogP contribution in [0.4, 0.5) is 0 Å². The van der Waals surface area contributed by atoms with Gasteiger partial charge in [-0.15, -0.1) is 0 Å². The first kappa shape index (κ1) is 16.7. The van der Waals surface area contributed by atoms with Crippen LogP contribution in [-0.2, 0) is 4.79 Å². The number of carbonyl (C=O) groups is 2. The molecule has 2 amide bonds. The summed E-state index contributed by atoms with van der Waals surface area (Å²) in [5.74, 6) is 5.30.